The number of benzene rings is 1. The average molecular weight is 254 g/mol. The molecular formula is C14H10N2O3. The van der Waals surface area contributed by atoms with Crippen molar-refractivity contribution in [2.45, 2.75) is 6.92 Å². The molecule has 1 aromatic heterocycles. The summed E-state index contributed by atoms with van der Waals surface area (Å²) in [5, 5.41) is 9.39. The number of hydrogen-bond acceptors (Lipinski definition) is 4. The van der Waals surface area contributed by atoms with Crippen LogP contribution in [0.1, 0.15) is 26.3 Å². The third kappa shape index (κ3) is 1.59. The Hall–Kier alpha value is -2.69. The van der Waals surface area contributed by atoms with E-state index in [-0.39, 0.29) is 17.6 Å². The summed E-state index contributed by atoms with van der Waals surface area (Å²) in [6.45, 7) is 1.73. The molecule has 2 heterocycles. The van der Waals surface area contributed by atoms with Crippen molar-refractivity contribution >= 4 is 17.5 Å². The highest BCUT2D eigenvalue weighted by Crippen LogP contribution is 2.31. The molecule has 0 atom stereocenters. The first-order chi connectivity index (χ1) is 9.09. The Kier molecular flexibility index (Phi) is 2.35. The summed E-state index contributed by atoms with van der Waals surface area (Å²) in [4.78, 5) is 29.5. The second kappa shape index (κ2) is 3.91. The van der Waals surface area contributed by atoms with Crippen LogP contribution in [0, 0.1) is 6.92 Å². The molecule has 0 spiro atoms. The molecule has 0 unspecified atom stereocenters. The smallest absolute Gasteiger partial charge is 0.267 e. The van der Waals surface area contributed by atoms with Gasteiger partial charge in [0, 0.05) is 12.4 Å². The maximum absolute atomic E-state index is 12.3. The van der Waals surface area contributed by atoms with Crippen LogP contribution < -0.4 is 4.90 Å². The van der Waals surface area contributed by atoms with Crippen molar-refractivity contribution in [3.63, 3.8) is 0 Å². The van der Waals surface area contributed by atoms with Crippen molar-refractivity contribution in [2.75, 3.05) is 4.90 Å². The van der Waals surface area contributed by atoms with Gasteiger partial charge in [-0.25, -0.2) is 4.90 Å². The van der Waals surface area contributed by atoms with Gasteiger partial charge in [-0.3, -0.25) is 14.6 Å². The van der Waals surface area contributed by atoms with Gasteiger partial charge in [0.05, 0.1) is 16.8 Å². The van der Waals surface area contributed by atoms with Gasteiger partial charge in [0.25, 0.3) is 11.8 Å². The van der Waals surface area contributed by atoms with E-state index in [1.54, 1.807) is 13.0 Å². The largest absolute Gasteiger partial charge is 0.508 e. The van der Waals surface area contributed by atoms with Crippen LogP contribution in [0.3, 0.4) is 0 Å². The van der Waals surface area contributed by atoms with Gasteiger partial charge < -0.3 is 5.11 Å². The number of carbonyl (C=O) groups is 2. The summed E-state index contributed by atoms with van der Waals surface area (Å²) < 4.78 is 0. The van der Waals surface area contributed by atoms with Gasteiger partial charge in [0.1, 0.15) is 5.75 Å². The minimum absolute atomic E-state index is 0.0968. The Morgan fingerprint density at radius 1 is 1.11 bits per heavy atom. The molecule has 0 saturated carbocycles. The number of imide groups is 1. The number of phenolic OH excluding ortho intramolecular Hbond substituents is 1. The maximum atomic E-state index is 12.3. The van der Waals surface area contributed by atoms with Crippen LogP contribution in [0.5, 0.6) is 5.75 Å². The molecule has 1 aliphatic heterocycles. The quantitative estimate of drug-likeness (QED) is 0.789. The van der Waals surface area contributed by atoms with Crippen molar-refractivity contribution in [3.05, 3.63) is 53.3 Å². The van der Waals surface area contributed by atoms with Gasteiger partial charge in [-0.2, -0.15) is 0 Å². The number of aromatic nitrogens is 1. The summed E-state index contributed by atoms with van der Waals surface area (Å²) in [6, 6.07) is 6.05. The fourth-order valence-electron chi connectivity index (χ4n) is 2.19. The number of amides is 2. The number of anilines is 1. The number of hydrogen-bond donors (Lipinski definition) is 1. The molecule has 0 saturated heterocycles. The first-order valence-corrected chi connectivity index (χ1v) is 5.72. The summed E-state index contributed by atoms with van der Waals surface area (Å²) in [5.74, 6) is -0.655. The van der Waals surface area contributed by atoms with Crippen molar-refractivity contribution in [3.8, 4) is 5.75 Å². The van der Waals surface area contributed by atoms with Crippen molar-refractivity contribution in [2.24, 2.45) is 0 Å². The van der Waals surface area contributed by atoms with Crippen LogP contribution in [0.15, 0.2) is 36.7 Å². The van der Waals surface area contributed by atoms with Gasteiger partial charge in [0.15, 0.2) is 0 Å². The van der Waals surface area contributed by atoms with Crippen LogP contribution in [0.2, 0.25) is 0 Å². The predicted octanol–water partition coefficient (Wildman–Crippen LogP) is 1.90. The van der Waals surface area contributed by atoms with E-state index in [1.165, 1.54) is 30.6 Å². The van der Waals surface area contributed by atoms with Crippen LogP contribution in [-0.2, 0) is 0 Å². The van der Waals surface area contributed by atoms with E-state index in [1.807, 2.05) is 0 Å². The molecule has 0 bridgehead atoms. The third-order valence-corrected chi connectivity index (χ3v) is 3.11. The second-order valence-electron chi connectivity index (χ2n) is 4.34. The first-order valence-electron chi connectivity index (χ1n) is 5.72. The lowest BCUT2D eigenvalue weighted by atomic mass is 10.1. The lowest BCUT2D eigenvalue weighted by Crippen LogP contribution is -2.29. The molecule has 5 nitrogen and oxygen atoms in total. The third-order valence-electron chi connectivity index (χ3n) is 3.11. The van der Waals surface area contributed by atoms with E-state index in [9.17, 15) is 14.7 Å². The topological polar surface area (TPSA) is 70.5 Å². The van der Waals surface area contributed by atoms with E-state index in [0.717, 1.165) is 4.90 Å². The van der Waals surface area contributed by atoms with E-state index in [4.69, 9.17) is 0 Å². The molecule has 94 valence electrons. The number of rotatable bonds is 1. The van der Waals surface area contributed by atoms with Crippen LogP contribution in [0.25, 0.3) is 0 Å². The standard InChI is InChI=1S/C14H10N2O3/c1-8-6-9(17)2-3-12(8)16-13(18)10-4-5-15-7-11(10)14(16)19/h2-7,17H,1H3. The summed E-state index contributed by atoms with van der Waals surface area (Å²) in [7, 11) is 0. The molecule has 19 heavy (non-hydrogen) atoms. The maximum Gasteiger partial charge on any atom is 0.267 e. The van der Waals surface area contributed by atoms with Crippen molar-refractivity contribution < 1.29 is 14.7 Å². The Labute approximate surface area is 109 Å². The second-order valence-corrected chi connectivity index (χ2v) is 4.34. The number of pyridine rings is 1. The summed E-state index contributed by atoms with van der Waals surface area (Å²) in [6.07, 6.45) is 2.88. The molecule has 5 heteroatoms. The zero-order valence-corrected chi connectivity index (χ0v) is 10.1. The minimum Gasteiger partial charge on any atom is -0.508 e. The lowest BCUT2D eigenvalue weighted by Gasteiger charge is -2.16. The minimum atomic E-state index is -0.387. The highest BCUT2D eigenvalue weighted by molar-refractivity contribution is 6.34. The molecule has 0 radical (unpaired) electrons. The van der Waals surface area contributed by atoms with Crippen molar-refractivity contribution in [1.82, 2.24) is 4.98 Å². The zero-order valence-electron chi connectivity index (χ0n) is 10.1. The fourth-order valence-corrected chi connectivity index (χ4v) is 2.19. The number of aromatic hydroxyl groups is 1. The molecule has 2 amide bonds. The lowest BCUT2D eigenvalue weighted by molar-refractivity contribution is 0.0926. The number of phenols is 1. The van der Waals surface area contributed by atoms with Gasteiger partial charge >= 0.3 is 0 Å². The number of fused-ring (bicyclic) bond motifs is 1. The molecule has 1 aliphatic rings. The van der Waals surface area contributed by atoms with E-state index >= 15 is 0 Å². The Morgan fingerprint density at radius 2 is 1.84 bits per heavy atom. The SMILES string of the molecule is Cc1cc(O)ccc1N1C(=O)c2ccncc2C1=O. The zero-order chi connectivity index (χ0) is 13.6. The molecule has 1 N–H and O–H groups in total. The van der Waals surface area contributed by atoms with E-state index in [2.05, 4.69) is 4.98 Å². The van der Waals surface area contributed by atoms with E-state index in [0.29, 0.717) is 22.4 Å². The molecule has 2 aromatic rings. The molecular weight excluding hydrogens is 244 g/mol. The van der Waals surface area contributed by atoms with Gasteiger partial charge in [-0.15, -0.1) is 0 Å². The fraction of sp³-hybridized carbons (Fsp3) is 0.0714. The first kappa shape index (κ1) is 11.4. The van der Waals surface area contributed by atoms with E-state index < -0.39 is 0 Å². The number of aryl methyl sites for hydroxylation is 1. The molecule has 0 fully saturated rings. The van der Waals surface area contributed by atoms with Crippen LogP contribution in [-0.4, -0.2) is 21.9 Å². The highest BCUT2D eigenvalue weighted by atomic mass is 16.3. The Bertz CT molecular complexity index is 675. The number of nitrogens with zero attached hydrogens (tertiary/aromatic N) is 2. The van der Waals surface area contributed by atoms with Crippen LogP contribution >= 0.6 is 0 Å². The van der Waals surface area contributed by atoms with Gasteiger partial charge in [-0.1, -0.05) is 0 Å². The van der Waals surface area contributed by atoms with Crippen molar-refractivity contribution in [1.29, 1.82) is 0 Å². The average Bonchev–Trinajstić information content (AvgIpc) is 2.64. The summed E-state index contributed by atoms with van der Waals surface area (Å²) >= 11 is 0. The Morgan fingerprint density at radius 3 is 2.53 bits per heavy atom. The highest BCUT2D eigenvalue weighted by Gasteiger charge is 2.37. The Balaban J connectivity index is 2.14. The van der Waals surface area contributed by atoms with Gasteiger partial charge in [-0.05, 0) is 36.8 Å². The van der Waals surface area contributed by atoms with Gasteiger partial charge in [0.2, 0.25) is 0 Å². The predicted molar refractivity (Wildman–Crippen MR) is 68.2 cm³/mol. The normalized spacial score (nSPS) is 13.8. The summed E-state index contributed by atoms with van der Waals surface area (Å²) in [5.41, 5.74) is 1.79. The van der Waals surface area contributed by atoms with Crippen LogP contribution in [0.4, 0.5) is 5.69 Å². The molecule has 0 aliphatic carbocycles. The number of carbonyl (C=O) groups excluding carboxylic acids is 2. The monoisotopic (exact) mass is 254 g/mol. The molecule has 3 rings (SSSR count). The molecule has 1 aromatic carbocycles.